The molecule has 0 heterocycles. The van der Waals surface area contributed by atoms with Crippen LogP contribution in [0.5, 0.6) is 5.75 Å². The second kappa shape index (κ2) is 6.13. The Labute approximate surface area is 102 Å². The van der Waals surface area contributed by atoms with Gasteiger partial charge in [-0.2, -0.15) is 0 Å². The lowest BCUT2D eigenvalue weighted by molar-refractivity contribution is -0.131. The molecule has 94 valence electrons. The van der Waals surface area contributed by atoms with Crippen molar-refractivity contribution in [2.45, 2.75) is 27.7 Å². The minimum Gasteiger partial charge on any atom is -0.424 e. The predicted molar refractivity (Wildman–Crippen MR) is 70.8 cm³/mol. The molecule has 0 aliphatic rings. The van der Waals surface area contributed by atoms with Crippen LogP contribution in [-0.4, -0.2) is 19.1 Å². The van der Waals surface area contributed by atoms with Gasteiger partial charge >= 0.3 is 5.97 Å². The Morgan fingerprint density at radius 3 is 2.41 bits per heavy atom. The van der Waals surface area contributed by atoms with Gasteiger partial charge in [-0.05, 0) is 38.5 Å². The van der Waals surface area contributed by atoms with Crippen LogP contribution in [-0.2, 0) is 4.79 Å². The zero-order valence-corrected chi connectivity index (χ0v) is 10.9. The normalized spacial score (nSPS) is 9.88. The molecule has 2 N–H and O–H groups in total. The van der Waals surface area contributed by atoms with E-state index in [1.165, 1.54) is 6.92 Å². The first-order valence-corrected chi connectivity index (χ1v) is 5.89. The average molecular weight is 236 g/mol. The lowest BCUT2D eigenvalue weighted by Gasteiger charge is -2.15. The summed E-state index contributed by atoms with van der Waals surface area (Å²) >= 11 is 0. The van der Waals surface area contributed by atoms with Crippen LogP contribution in [0, 0.1) is 6.92 Å². The molecule has 1 aromatic rings. The number of nitrogens with one attached hydrogen (secondary N) is 2. The first kappa shape index (κ1) is 13.4. The summed E-state index contributed by atoms with van der Waals surface area (Å²) in [4.78, 5) is 11.1. The summed E-state index contributed by atoms with van der Waals surface area (Å²) in [5.41, 5.74) is 2.81. The number of rotatable bonds is 5. The highest BCUT2D eigenvalue weighted by atomic mass is 16.5. The molecule has 0 spiro atoms. The van der Waals surface area contributed by atoms with Crippen LogP contribution in [0.1, 0.15) is 26.3 Å². The van der Waals surface area contributed by atoms with Crippen molar-refractivity contribution in [3.8, 4) is 5.75 Å². The molecule has 1 aromatic carbocycles. The van der Waals surface area contributed by atoms with E-state index >= 15 is 0 Å². The molecular formula is C13H20N2O2. The van der Waals surface area contributed by atoms with Crippen molar-refractivity contribution in [2.24, 2.45) is 0 Å². The Balaban J connectivity index is 3.12. The number of ether oxygens (including phenoxy) is 1. The molecule has 4 nitrogen and oxygen atoms in total. The smallest absolute Gasteiger partial charge is 0.308 e. The highest BCUT2D eigenvalue weighted by Crippen LogP contribution is 2.32. The molecule has 0 atom stereocenters. The molecule has 1 rings (SSSR count). The summed E-state index contributed by atoms with van der Waals surface area (Å²) < 4.78 is 5.23. The molecule has 0 unspecified atom stereocenters. The molecule has 0 saturated carbocycles. The fourth-order valence-corrected chi connectivity index (χ4v) is 1.68. The monoisotopic (exact) mass is 236 g/mol. The maximum Gasteiger partial charge on any atom is 0.308 e. The Bertz CT molecular complexity index is 403. The quantitative estimate of drug-likeness (QED) is 0.609. The number of carbonyl (C=O) groups is 1. The lowest BCUT2D eigenvalue weighted by Crippen LogP contribution is -2.08. The van der Waals surface area contributed by atoms with E-state index in [1.807, 2.05) is 32.9 Å². The molecule has 0 saturated heterocycles. The maximum absolute atomic E-state index is 11.1. The number of carbonyl (C=O) groups excluding carboxylic acids is 1. The van der Waals surface area contributed by atoms with E-state index in [-0.39, 0.29) is 5.97 Å². The van der Waals surface area contributed by atoms with Crippen molar-refractivity contribution in [2.75, 3.05) is 23.7 Å². The second-order valence-corrected chi connectivity index (χ2v) is 3.82. The van der Waals surface area contributed by atoms with Crippen molar-refractivity contribution >= 4 is 17.3 Å². The summed E-state index contributed by atoms with van der Waals surface area (Å²) in [6.07, 6.45) is 0. The standard InChI is InChI=1S/C13H20N2O2/c1-5-14-11-7-9(3)13(17-10(4)16)12(8-11)15-6-2/h7-8,14-15H,5-6H2,1-4H3. The van der Waals surface area contributed by atoms with Crippen molar-refractivity contribution < 1.29 is 9.53 Å². The molecule has 0 fully saturated rings. The third-order valence-corrected chi connectivity index (χ3v) is 2.27. The summed E-state index contributed by atoms with van der Waals surface area (Å²) in [6, 6.07) is 3.93. The molecule has 0 aromatic heterocycles. The largest absolute Gasteiger partial charge is 0.424 e. The molecule has 17 heavy (non-hydrogen) atoms. The summed E-state index contributed by atoms with van der Waals surface area (Å²) in [6.45, 7) is 9.03. The molecule has 0 aliphatic heterocycles. The van der Waals surface area contributed by atoms with Gasteiger partial charge in [-0.1, -0.05) is 0 Å². The Hall–Kier alpha value is -1.71. The van der Waals surface area contributed by atoms with Gasteiger partial charge in [-0.25, -0.2) is 0 Å². The average Bonchev–Trinajstić information content (AvgIpc) is 2.23. The van der Waals surface area contributed by atoms with E-state index in [1.54, 1.807) is 0 Å². The zero-order chi connectivity index (χ0) is 12.8. The van der Waals surface area contributed by atoms with Gasteiger partial charge in [0.25, 0.3) is 0 Å². The van der Waals surface area contributed by atoms with E-state index in [0.717, 1.165) is 30.0 Å². The van der Waals surface area contributed by atoms with Crippen molar-refractivity contribution in [1.29, 1.82) is 0 Å². The predicted octanol–water partition coefficient (Wildman–Crippen LogP) is 2.78. The topological polar surface area (TPSA) is 50.4 Å². The molecule has 0 radical (unpaired) electrons. The Morgan fingerprint density at radius 1 is 1.24 bits per heavy atom. The molecule has 4 heteroatoms. The van der Waals surface area contributed by atoms with E-state index in [4.69, 9.17) is 4.74 Å². The van der Waals surface area contributed by atoms with E-state index in [2.05, 4.69) is 10.6 Å². The van der Waals surface area contributed by atoms with Crippen molar-refractivity contribution in [1.82, 2.24) is 0 Å². The molecule has 0 bridgehead atoms. The maximum atomic E-state index is 11.1. The number of aryl methyl sites for hydroxylation is 1. The number of esters is 1. The van der Waals surface area contributed by atoms with Gasteiger partial charge in [0.15, 0.2) is 5.75 Å². The van der Waals surface area contributed by atoms with Gasteiger partial charge in [0.2, 0.25) is 0 Å². The third kappa shape index (κ3) is 3.66. The van der Waals surface area contributed by atoms with Crippen LogP contribution in [0.3, 0.4) is 0 Å². The summed E-state index contributed by atoms with van der Waals surface area (Å²) in [7, 11) is 0. The van der Waals surface area contributed by atoms with Gasteiger partial charge in [-0.3, -0.25) is 4.79 Å². The summed E-state index contributed by atoms with van der Waals surface area (Å²) in [5.74, 6) is 0.310. The van der Waals surface area contributed by atoms with Crippen LogP contribution in [0.25, 0.3) is 0 Å². The second-order valence-electron chi connectivity index (χ2n) is 3.82. The van der Waals surface area contributed by atoms with Crippen LogP contribution < -0.4 is 15.4 Å². The van der Waals surface area contributed by atoms with Gasteiger partial charge in [0, 0.05) is 25.7 Å². The highest BCUT2D eigenvalue weighted by Gasteiger charge is 2.11. The number of hydrogen-bond donors (Lipinski definition) is 2. The van der Waals surface area contributed by atoms with Gasteiger partial charge < -0.3 is 15.4 Å². The van der Waals surface area contributed by atoms with Crippen molar-refractivity contribution in [3.63, 3.8) is 0 Å². The third-order valence-electron chi connectivity index (χ3n) is 2.27. The Morgan fingerprint density at radius 2 is 1.88 bits per heavy atom. The van der Waals surface area contributed by atoms with E-state index in [9.17, 15) is 4.79 Å². The van der Waals surface area contributed by atoms with Gasteiger partial charge in [-0.15, -0.1) is 0 Å². The molecule has 0 aliphatic carbocycles. The molecule has 0 amide bonds. The first-order valence-electron chi connectivity index (χ1n) is 5.89. The SMILES string of the molecule is CCNc1cc(C)c(OC(C)=O)c(NCC)c1. The first-order chi connectivity index (χ1) is 8.08. The number of anilines is 2. The van der Waals surface area contributed by atoms with Gasteiger partial charge in [0.1, 0.15) is 0 Å². The fraction of sp³-hybridized carbons (Fsp3) is 0.462. The Kier molecular flexibility index (Phi) is 4.82. The number of benzene rings is 1. The lowest BCUT2D eigenvalue weighted by atomic mass is 10.1. The van der Waals surface area contributed by atoms with Crippen LogP contribution >= 0.6 is 0 Å². The minimum atomic E-state index is -0.302. The highest BCUT2D eigenvalue weighted by molar-refractivity contribution is 5.76. The van der Waals surface area contributed by atoms with Crippen LogP contribution in [0.4, 0.5) is 11.4 Å². The van der Waals surface area contributed by atoms with Crippen LogP contribution in [0.2, 0.25) is 0 Å². The van der Waals surface area contributed by atoms with E-state index < -0.39 is 0 Å². The fourth-order valence-electron chi connectivity index (χ4n) is 1.68. The minimum absolute atomic E-state index is 0.302. The summed E-state index contributed by atoms with van der Waals surface area (Å²) in [5, 5.41) is 6.45. The van der Waals surface area contributed by atoms with E-state index in [0.29, 0.717) is 5.75 Å². The molecular weight excluding hydrogens is 216 g/mol. The van der Waals surface area contributed by atoms with Crippen molar-refractivity contribution in [3.05, 3.63) is 17.7 Å². The van der Waals surface area contributed by atoms with Gasteiger partial charge in [0.05, 0.1) is 5.69 Å². The number of hydrogen-bond acceptors (Lipinski definition) is 4. The van der Waals surface area contributed by atoms with Crippen LogP contribution in [0.15, 0.2) is 12.1 Å². The zero-order valence-electron chi connectivity index (χ0n) is 10.9.